The average Bonchev–Trinajstić information content (AvgIpc) is 2.67. The van der Waals surface area contributed by atoms with Gasteiger partial charge in [-0.2, -0.15) is 0 Å². The summed E-state index contributed by atoms with van der Waals surface area (Å²) in [5.41, 5.74) is 7.95. The molecule has 1 aromatic carbocycles. The molecule has 1 unspecified atom stereocenters. The number of benzene rings is 1. The molecule has 4 heteroatoms. The van der Waals surface area contributed by atoms with Gasteiger partial charge in [-0.25, -0.2) is 0 Å². The van der Waals surface area contributed by atoms with Crippen molar-refractivity contribution in [1.29, 1.82) is 0 Å². The van der Waals surface area contributed by atoms with Crippen LogP contribution in [-0.2, 0) is 0 Å². The maximum Gasteiger partial charge on any atom is 0.0478 e. The van der Waals surface area contributed by atoms with Gasteiger partial charge in [0.25, 0.3) is 0 Å². The summed E-state index contributed by atoms with van der Waals surface area (Å²) < 4.78 is 0. The maximum atomic E-state index is 6.06. The van der Waals surface area contributed by atoms with Gasteiger partial charge >= 0.3 is 0 Å². The fraction of sp³-hybridized carbons (Fsp3) is 0.500. The van der Waals surface area contributed by atoms with Crippen molar-refractivity contribution >= 4 is 11.6 Å². The van der Waals surface area contributed by atoms with Crippen molar-refractivity contribution in [2.45, 2.75) is 44.4 Å². The van der Waals surface area contributed by atoms with Crippen molar-refractivity contribution in [2.24, 2.45) is 5.73 Å². The third-order valence-corrected chi connectivity index (χ3v) is 5.11. The first-order valence-electron chi connectivity index (χ1n) is 9.75. The van der Waals surface area contributed by atoms with E-state index in [1.165, 1.54) is 31.2 Å². The fourth-order valence-electron chi connectivity index (χ4n) is 3.28. The van der Waals surface area contributed by atoms with Crippen LogP contribution in [-0.4, -0.2) is 36.6 Å². The lowest BCUT2D eigenvalue weighted by Gasteiger charge is -2.22. The molecule has 0 amide bonds. The standard InChI is InChI=1S/C22H32ClN3/c1-26(17-8-4-2-3-6-15-24)18-14-21(22-9-5-7-16-25-22)19-10-12-20(23)13-11-19/h5,7,9-13,16,21H,2-4,6,8,14-15,17-18,24H2,1H3. The minimum atomic E-state index is 0.306. The molecule has 1 aromatic heterocycles. The van der Waals surface area contributed by atoms with Crippen molar-refractivity contribution in [3.63, 3.8) is 0 Å². The van der Waals surface area contributed by atoms with E-state index in [0.717, 1.165) is 43.2 Å². The molecule has 0 bridgehead atoms. The molecule has 142 valence electrons. The Bertz CT molecular complexity index is 601. The molecule has 2 N–H and O–H groups in total. The van der Waals surface area contributed by atoms with Crippen LogP contribution in [0.4, 0.5) is 0 Å². The molecule has 0 spiro atoms. The molecule has 3 nitrogen and oxygen atoms in total. The van der Waals surface area contributed by atoms with Crippen LogP contribution in [0.5, 0.6) is 0 Å². The molecule has 0 aliphatic heterocycles. The number of nitrogens with zero attached hydrogens (tertiary/aromatic N) is 2. The smallest absolute Gasteiger partial charge is 0.0478 e. The molecule has 0 aliphatic rings. The highest BCUT2D eigenvalue weighted by Gasteiger charge is 2.16. The van der Waals surface area contributed by atoms with E-state index in [0.29, 0.717) is 5.92 Å². The molecule has 2 aromatic rings. The molecule has 0 radical (unpaired) electrons. The SMILES string of the molecule is CN(CCCCCCCN)CCC(c1ccc(Cl)cc1)c1ccccn1. The topological polar surface area (TPSA) is 42.1 Å². The van der Waals surface area contributed by atoms with Gasteiger partial charge in [0.1, 0.15) is 0 Å². The molecule has 0 fully saturated rings. The highest BCUT2D eigenvalue weighted by molar-refractivity contribution is 6.30. The van der Waals surface area contributed by atoms with Gasteiger partial charge in [0.15, 0.2) is 0 Å². The van der Waals surface area contributed by atoms with E-state index in [1.807, 2.05) is 24.4 Å². The van der Waals surface area contributed by atoms with Crippen LogP contribution in [0.1, 0.15) is 55.7 Å². The van der Waals surface area contributed by atoms with Crippen LogP contribution >= 0.6 is 11.6 Å². The average molecular weight is 374 g/mol. The predicted molar refractivity (Wildman–Crippen MR) is 112 cm³/mol. The number of halogens is 1. The number of rotatable bonds is 12. The number of nitrogens with two attached hydrogens (primary N) is 1. The van der Waals surface area contributed by atoms with E-state index < -0.39 is 0 Å². The number of unbranched alkanes of at least 4 members (excludes halogenated alkanes) is 4. The number of pyridine rings is 1. The number of hydrogen-bond donors (Lipinski definition) is 1. The minimum absolute atomic E-state index is 0.306. The fourth-order valence-corrected chi connectivity index (χ4v) is 3.41. The molecule has 1 atom stereocenters. The minimum Gasteiger partial charge on any atom is -0.330 e. The molecular weight excluding hydrogens is 342 g/mol. The van der Waals surface area contributed by atoms with Crippen molar-refractivity contribution < 1.29 is 0 Å². The summed E-state index contributed by atoms with van der Waals surface area (Å²) >= 11 is 6.06. The highest BCUT2D eigenvalue weighted by Crippen LogP contribution is 2.27. The van der Waals surface area contributed by atoms with Crippen LogP contribution in [0, 0.1) is 0 Å². The normalized spacial score (nSPS) is 12.5. The van der Waals surface area contributed by atoms with Crippen LogP contribution < -0.4 is 5.73 Å². The van der Waals surface area contributed by atoms with Crippen LogP contribution in [0.25, 0.3) is 0 Å². The number of hydrogen-bond acceptors (Lipinski definition) is 3. The van der Waals surface area contributed by atoms with E-state index in [4.69, 9.17) is 17.3 Å². The first-order valence-corrected chi connectivity index (χ1v) is 10.1. The Kier molecular flexibility index (Phi) is 9.68. The Balaban J connectivity index is 1.86. The van der Waals surface area contributed by atoms with Crippen LogP contribution in [0.2, 0.25) is 5.02 Å². The van der Waals surface area contributed by atoms with Gasteiger partial charge < -0.3 is 10.6 Å². The first-order chi connectivity index (χ1) is 12.7. The van der Waals surface area contributed by atoms with Gasteiger partial charge in [-0.1, -0.05) is 49.1 Å². The van der Waals surface area contributed by atoms with E-state index in [1.54, 1.807) is 0 Å². The molecular formula is C22H32ClN3. The Labute approximate surface area is 163 Å². The summed E-state index contributed by atoms with van der Waals surface area (Å²) in [5, 5.41) is 0.778. The van der Waals surface area contributed by atoms with E-state index >= 15 is 0 Å². The van der Waals surface area contributed by atoms with E-state index in [2.05, 4.69) is 41.2 Å². The summed E-state index contributed by atoms with van der Waals surface area (Å²) in [5.74, 6) is 0.306. The molecule has 0 saturated carbocycles. The van der Waals surface area contributed by atoms with Gasteiger partial charge in [0.2, 0.25) is 0 Å². The van der Waals surface area contributed by atoms with Gasteiger partial charge in [-0.05, 0) is 75.8 Å². The van der Waals surface area contributed by atoms with Crippen molar-refractivity contribution in [3.05, 3.63) is 64.9 Å². The molecule has 2 rings (SSSR count). The lowest BCUT2D eigenvalue weighted by atomic mass is 9.92. The van der Waals surface area contributed by atoms with Gasteiger partial charge in [0.05, 0.1) is 0 Å². The summed E-state index contributed by atoms with van der Waals surface area (Å²) in [4.78, 5) is 7.04. The summed E-state index contributed by atoms with van der Waals surface area (Å²) in [6.07, 6.45) is 9.21. The van der Waals surface area contributed by atoms with Crippen molar-refractivity contribution in [2.75, 3.05) is 26.7 Å². The Morgan fingerprint density at radius 2 is 1.69 bits per heavy atom. The van der Waals surface area contributed by atoms with E-state index in [9.17, 15) is 0 Å². The largest absolute Gasteiger partial charge is 0.330 e. The summed E-state index contributed by atoms with van der Waals surface area (Å²) in [7, 11) is 2.22. The zero-order valence-electron chi connectivity index (χ0n) is 15.9. The van der Waals surface area contributed by atoms with Crippen molar-refractivity contribution in [1.82, 2.24) is 9.88 Å². The second-order valence-electron chi connectivity index (χ2n) is 7.01. The Hall–Kier alpha value is -1.42. The van der Waals surface area contributed by atoms with Crippen molar-refractivity contribution in [3.8, 4) is 0 Å². The monoisotopic (exact) mass is 373 g/mol. The summed E-state index contributed by atoms with van der Waals surface area (Å²) in [6.45, 7) is 3.03. The Morgan fingerprint density at radius 3 is 2.38 bits per heavy atom. The second-order valence-corrected chi connectivity index (χ2v) is 7.44. The van der Waals surface area contributed by atoms with Gasteiger partial charge in [-0.3, -0.25) is 4.98 Å². The van der Waals surface area contributed by atoms with E-state index in [-0.39, 0.29) is 0 Å². The predicted octanol–water partition coefficient (Wildman–Crippen LogP) is 5.10. The third kappa shape index (κ3) is 7.45. The van der Waals surface area contributed by atoms with Gasteiger partial charge in [0, 0.05) is 22.8 Å². The first kappa shape index (κ1) is 20.9. The highest BCUT2D eigenvalue weighted by atomic mass is 35.5. The number of aromatic nitrogens is 1. The quantitative estimate of drug-likeness (QED) is 0.526. The molecule has 26 heavy (non-hydrogen) atoms. The summed E-state index contributed by atoms with van der Waals surface area (Å²) in [6, 6.07) is 14.3. The lowest BCUT2D eigenvalue weighted by molar-refractivity contribution is 0.313. The third-order valence-electron chi connectivity index (χ3n) is 4.86. The van der Waals surface area contributed by atoms with Gasteiger partial charge in [-0.15, -0.1) is 0 Å². The molecule has 1 heterocycles. The second kappa shape index (κ2) is 12.1. The lowest BCUT2D eigenvalue weighted by Crippen LogP contribution is -2.23. The zero-order chi connectivity index (χ0) is 18.6. The zero-order valence-corrected chi connectivity index (χ0v) is 16.7. The Morgan fingerprint density at radius 1 is 0.962 bits per heavy atom. The molecule has 0 saturated heterocycles. The van der Waals surface area contributed by atoms with Crippen LogP contribution in [0.3, 0.4) is 0 Å². The molecule has 0 aliphatic carbocycles. The maximum absolute atomic E-state index is 6.06. The van der Waals surface area contributed by atoms with Crippen LogP contribution in [0.15, 0.2) is 48.7 Å².